The number of nitrogens with zero attached hydrogens (tertiary/aromatic N) is 1. The number of hydrogen-bond donors (Lipinski definition) is 1. The van der Waals surface area contributed by atoms with Crippen LogP contribution in [0.5, 0.6) is 11.5 Å². The highest BCUT2D eigenvalue weighted by atomic mass is 32.2. The Kier molecular flexibility index (Phi) is 4.68. The molecule has 1 N–H and O–H groups in total. The zero-order valence-electron chi connectivity index (χ0n) is 13.9. The second kappa shape index (κ2) is 6.98. The van der Waals surface area contributed by atoms with Crippen LogP contribution in [0.4, 0.5) is 5.69 Å². The number of rotatable bonds is 6. The predicted molar refractivity (Wildman–Crippen MR) is 105 cm³/mol. The second-order valence-corrected chi connectivity index (χ2v) is 9.95. The molecule has 4 rings (SSSR count). The number of thiazole rings is 1. The van der Waals surface area contributed by atoms with Crippen LogP contribution in [0.25, 0.3) is 10.2 Å². The van der Waals surface area contributed by atoms with E-state index >= 15 is 0 Å². The summed E-state index contributed by atoms with van der Waals surface area (Å²) in [6, 6.07) is 11.1. The van der Waals surface area contributed by atoms with Gasteiger partial charge >= 0.3 is 0 Å². The summed E-state index contributed by atoms with van der Waals surface area (Å²) >= 11 is 2.95. The summed E-state index contributed by atoms with van der Waals surface area (Å²) in [7, 11) is -3.40. The minimum absolute atomic E-state index is 0.0185. The number of benzene rings is 2. The van der Waals surface area contributed by atoms with E-state index in [9.17, 15) is 8.42 Å². The van der Waals surface area contributed by atoms with Gasteiger partial charge in [0.2, 0.25) is 16.8 Å². The molecule has 0 saturated carbocycles. The summed E-state index contributed by atoms with van der Waals surface area (Å²) in [4.78, 5) is 4.54. The Balaban J connectivity index is 1.40. The van der Waals surface area contributed by atoms with E-state index in [-0.39, 0.29) is 12.5 Å². The number of aryl methyl sites for hydroxylation is 1. The average molecular weight is 409 g/mol. The van der Waals surface area contributed by atoms with Gasteiger partial charge in [-0.05, 0) is 18.6 Å². The summed E-state index contributed by atoms with van der Waals surface area (Å²) in [5.74, 6) is 1.87. The molecule has 3 aromatic rings. The van der Waals surface area contributed by atoms with Gasteiger partial charge in [-0.3, -0.25) is 4.72 Å². The van der Waals surface area contributed by atoms with E-state index in [1.54, 1.807) is 6.07 Å². The number of anilines is 1. The first-order valence-corrected chi connectivity index (χ1v) is 11.3. The molecule has 1 aromatic heterocycles. The molecule has 0 fully saturated rings. The van der Waals surface area contributed by atoms with E-state index in [0.29, 0.717) is 17.2 Å². The van der Waals surface area contributed by atoms with Crippen LogP contribution in [0.1, 0.15) is 5.56 Å². The van der Waals surface area contributed by atoms with Crippen LogP contribution in [0.15, 0.2) is 40.7 Å². The van der Waals surface area contributed by atoms with Gasteiger partial charge in [0.15, 0.2) is 15.8 Å². The van der Waals surface area contributed by atoms with Crippen LogP contribution in [0.2, 0.25) is 0 Å². The molecule has 0 amide bonds. The van der Waals surface area contributed by atoms with Gasteiger partial charge in [0.25, 0.3) is 0 Å². The molecule has 136 valence electrons. The third-order valence-corrected chi connectivity index (χ3v) is 7.55. The molecule has 0 radical (unpaired) electrons. The van der Waals surface area contributed by atoms with Crippen LogP contribution < -0.4 is 14.2 Å². The fourth-order valence-corrected chi connectivity index (χ4v) is 6.18. The number of nitrogens with one attached hydrogen (secondary N) is 1. The number of aromatic nitrogens is 1. The summed E-state index contributed by atoms with van der Waals surface area (Å²) in [5.41, 5.74) is 2.35. The molecule has 0 saturated heterocycles. The lowest BCUT2D eigenvalue weighted by molar-refractivity contribution is 0.174. The lowest BCUT2D eigenvalue weighted by Crippen LogP contribution is -2.18. The molecule has 0 spiro atoms. The van der Waals surface area contributed by atoms with Crippen molar-refractivity contribution in [2.24, 2.45) is 0 Å². The van der Waals surface area contributed by atoms with Crippen molar-refractivity contribution in [3.05, 3.63) is 42.0 Å². The fraction of sp³-hybridized carbons (Fsp3) is 0.235. The summed E-state index contributed by atoms with van der Waals surface area (Å²) in [6.07, 6.45) is 0. The standard InChI is InChI=1S/C17H16N2O4S3/c1-11-4-2-3-5-12(11)19-26(20,21)7-6-24-17-18-13-8-14-15(23-10-22-14)9-16(13)25-17/h2-5,8-9,19H,6-7,10H2,1H3. The molecule has 0 atom stereocenters. The Hall–Kier alpha value is -1.97. The Morgan fingerprint density at radius 2 is 2.00 bits per heavy atom. The average Bonchev–Trinajstić information content (AvgIpc) is 3.19. The lowest BCUT2D eigenvalue weighted by atomic mass is 10.2. The predicted octanol–water partition coefficient (Wildman–Crippen LogP) is 3.87. The van der Waals surface area contributed by atoms with Crippen molar-refractivity contribution in [2.75, 3.05) is 23.0 Å². The van der Waals surface area contributed by atoms with E-state index < -0.39 is 10.0 Å². The Bertz CT molecular complexity index is 1020. The van der Waals surface area contributed by atoms with Crippen LogP contribution in [-0.2, 0) is 10.0 Å². The van der Waals surface area contributed by atoms with E-state index in [1.807, 2.05) is 37.3 Å². The molecule has 2 aromatic carbocycles. The Morgan fingerprint density at radius 1 is 1.23 bits per heavy atom. The number of ether oxygens (including phenoxy) is 2. The maximum Gasteiger partial charge on any atom is 0.233 e. The maximum atomic E-state index is 12.3. The molecular formula is C17H16N2O4S3. The van der Waals surface area contributed by atoms with Crippen molar-refractivity contribution >= 4 is 49.0 Å². The minimum atomic E-state index is -3.40. The highest BCUT2D eigenvalue weighted by Crippen LogP contribution is 2.39. The van der Waals surface area contributed by atoms with Gasteiger partial charge in [-0.1, -0.05) is 30.0 Å². The molecule has 2 heterocycles. The quantitative estimate of drug-likeness (QED) is 0.624. The highest BCUT2D eigenvalue weighted by Gasteiger charge is 2.17. The number of sulfonamides is 1. The van der Waals surface area contributed by atoms with E-state index in [4.69, 9.17) is 9.47 Å². The van der Waals surface area contributed by atoms with Crippen molar-refractivity contribution in [1.82, 2.24) is 4.98 Å². The third-order valence-electron chi connectivity index (χ3n) is 3.85. The number of para-hydroxylation sites is 1. The monoisotopic (exact) mass is 408 g/mol. The molecule has 0 unspecified atom stereocenters. The van der Waals surface area contributed by atoms with Gasteiger partial charge < -0.3 is 9.47 Å². The van der Waals surface area contributed by atoms with Crippen LogP contribution in [0, 0.1) is 6.92 Å². The van der Waals surface area contributed by atoms with Gasteiger partial charge in [0.05, 0.1) is 21.7 Å². The molecular weight excluding hydrogens is 392 g/mol. The first-order chi connectivity index (χ1) is 12.5. The van der Waals surface area contributed by atoms with Crippen LogP contribution >= 0.6 is 23.1 Å². The van der Waals surface area contributed by atoms with Crippen molar-refractivity contribution in [1.29, 1.82) is 0 Å². The molecule has 26 heavy (non-hydrogen) atoms. The van der Waals surface area contributed by atoms with Gasteiger partial charge in [0.1, 0.15) is 0 Å². The zero-order valence-corrected chi connectivity index (χ0v) is 16.3. The van der Waals surface area contributed by atoms with Crippen LogP contribution in [-0.4, -0.2) is 31.7 Å². The van der Waals surface area contributed by atoms with Crippen molar-refractivity contribution < 1.29 is 17.9 Å². The normalized spacial score (nSPS) is 13.3. The SMILES string of the molecule is Cc1ccccc1NS(=O)(=O)CCSc1nc2cc3c(cc2s1)OCO3. The smallest absolute Gasteiger partial charge is 0.233 e. The molecule has 0 bridgehead atoms. The van der Waals surface area contributed by atoms with E-state index in [1.165, 1.54) is 23.1 Å². The van der Waals surface area contributed by atoms with Crippen molar-refractivity contribution in [2.45, 2.75) is 11.3 Å². The van der Waals surface area contributed by atoms with Gasteiger partial charge in [-0.2, -0.15) is 0 Å². The topological polar surface area (TPSA) is 77.5 Å². The van der Waals surface area contributed by atoms with Gasteiger partial charge in [-0.25, -0.2) is 13.4 Å². The third kappa shape index (κ3) is 3.74. The maximum absolute atomic E-state index is 12.3. The first-order valence-electron chi connectivity index (χ1n) is 7.89. The minimum Gasteiger partial charge on any atom is -0.454 e. The summed E-state index contributed by atoms with van der Waals surface area (Å²) < 4.78 is 39.7. The van der Waals surface area contributed by atoms with E-state index in [0.717, 1.165) is 25.9 Å². The molecule has 0 aliphatic carbocycles. The summed E-state index contributed by atoms with van der Waals surface area (Å²) in [5, 5.41) is 0. The Labute approximate surface area is 159 Å². The summed E-state index contributed by atoms with van der Waals surface area (Å²) in [6.45, 7) is 2.11. The number of hydrogen-bond acceptors (Lipinski definition) is 7. The van der Waals surface area contributed by atoms with Crippen molar-refractivity contribution in [3.63, 3.8) is 0 Å². The van der Waals surface area contributed by atoms with E-state index in [2.05, 4.69) is 9.71 Å². The molecule has 9 heteroatoms. The molecule has 1 aliphatic rings. The van der Waals surface area contributed by atoms with Gasteiger partial charge in [0, 0.05) is 17.9 Å². The molecule has 1 aliphatic heterocycles. The van der Waals surface area contributed by atoms with Crippen LogP contribution in [0.3, 0.4) is 0 Å². The zero-order chi connectivity index (χ0) is 18.1. The highest BCUT2D eigenvalue weighted by molar-refractivity contribution is 8.02. The largest absolute Gasteiger partial charge is 0.454 e. The van der Waals surface area contributed by atoms with Gasteiger partial charge in [-0.15, -0.1) is 11.3 Å². The molecule has 6 nitrogen and oxygen atoms in total. The number of fused-ring (bicyclic) bond motifs is 2. The fourth-order valence-electron chi connectivity index (χ4n) is 2.50. The first kappa shape index (κ1) is 17.4. The van der Waals surface area contributed by atoms with Crippen molar-refractivity contribution in [3.8, 4) is 11.5 Å². The Morgan fingerprint density at radius 3 is 2.81 bits per heavy atom. The second-order valence-electron chi connectivity index (χ2n) is 5.74. The lowest BCUT2D eigenvalue weighted by Gasteiger charge is -2.09. The number of thioether (sulfide) groups is 1.